The molecule has 1 N–H and O–H groups in total. The molecule has 2 nitrogen and oxygen atoms in total. The second-order valence-electron chi connectivity index (χ2n) is 2.87. The first-order chi connectivity index (χ1) is 6.77. The smallest absolute Gasteiger partial charge is 0.213 e. The number of benzene rings is 1. The molecule has 0 aliphatic heterocycles. The third-order valence-electron chi connectivity index (χ3n) is 1.89. The molecule has 0 unspecified atom stereocenters. The van der Waals surface area contributed by atoms with Crippen molar-refractivity contribution in [2.75, 3.05) is 0 Å². The van der Waals surface area contributed by atoms with Gasteiger partial charge in [0.05, 0.1) is 0 Å². The molecule has 0 saturated carbocycles. The van der Waals surface area contributed by atoms with Crippen LogP contribution in [0.25, 0.3) is 11.3 Å². The fourth-order valence-corrected chi connectivity index (χ4v) is 1.24. The molecule has 0 fully saturated rings. The second-order valence-corrected chi connectivity index (χ2v) is 2.87. The lowest BCUT2D eigenvalue weighted by Gasteiger charge is -2.02. The van der Waals surface area contributed by atoms with E-state index in [1.165, 1.54) is 6.07 Å². The van der Waals surface area contributed by atoms with Crippen molar-refractivity contribution in [3.8, 4) is 17.0 Å². The highest BCUT2D eigenvalue weighted by atomic mass is 19.1. The molecule has 1 aromatic carbocycles. The summed E-state index contributed by atoms with van der Waals surface area (Å²) in [5.74, 6) is -0.612. The Morgan fingerprint density at radius 2 is 1.71 bits per heavy atom. The van der Waals surface area contributed by atoms with Crippen LogP contribution in [0.1, 0.15) is 0 Å². The summed E-state index contributed by atoms with van der Waals surface area (Å²) in [7, 11) is 0. The van der Waals surface area contributed by atoms with Crippen LogP contribution in [0.4, 0.5) is 4.39 Å². The van der Waals surface area contributed by atoms with Crippen LogP contribution in [0.15, 0.2) is 42.5 Å². The lowest BCUT2D eigenvalue weighted by molar-refractivity contribution is 0.469. The van der Waals surface area contributed by atoms with Crippen molar-refractivity contribution in [1.82, 2.24) is 4.98 Å². The molecule has 0 amide bonds. The number of aromatic hydroxyl groups is 1. The van der Waals surface area contributed by atoms with Crippen molar-refractivity contribution in [2.45, 2.75) is 0 Å². The average Bonchev–Trinajstić information content (AvgIpc) is 2.23. The Labute approximate surface area is 80.7 Å². The van der Waals surface area contributed by atoms with Crippen molar-refractivity contribution >= 4 is 0 Å². The molecule has 2 aromatic rings. The number of nitrogens with zero attached hydrogens (tertiary/aromatic N) is 1. The normalized spacial score (nSPS) is 10.1. The molecule has 0 saturated heterocycles. The highest BCUT2D eigenvalue weighted by molar-refractivity contribution is 5.65. The topological polar surface area (TPSA) is 33.1 Å². The summed E-state index contributed by atoms with van der Waals surface area (Å²) in [5, 5.41) is 9.46. The Morgan fingerprint density at radius 1 is 1.00 bits per heavy atom. The van der Waals surface area contributed by atoms with Crippen LogP contribution >= 0.6 is 0 Å². The van der Waals surface area contributed by atoms with Gasteiger partial charge in [-0.1, -0.05) is 30.3 Å². The zero-order chi connectivity index (χ0) is 9.97. The van der Waals surface area contributed by atoms with E-state index in [0.717, 1.165) is 6.07 Å². The molecule has 14 heavy (non-hydrogen) atoms. The quantitative estimate of drug-likeness (QED) is 0.699. The monoisotopic (exact) mass is 189 g/mol. The van der Waals surface area contributed by atoms with Gasteiger partial charge < -0.3 is 5.11 Å². The first-order valence-corrected chi connectivity index (χ1v) is 4.18. The maximum absolute atomic E-state index is 12.8. The van der Waals surface area contributed by atoms with Gasteiger partial charge in [0.2, 0.25) is 5.95 Å². The Balaban J connectivity index is 2.57. The van der Waals surface area contributed by atoms with Gasteiger partial charge in [-0.3, -0.25) is 0 Å². The van der Waals surface area contributed by atoms with E-state index in [1.807, 2.05) is 6.07 Å². The Bertz CT molecular complexity index is 442. The molecule has 3 heteroatoms. The van der Waals surface area contributed by atoms with Crippen molar-refractivity contribution in [2.24, 2.45) is 0 Å². The van der Waals surface area contributed by atoms with Gasteiger partial charge in [-0.05, 0) is 12.1 Å². The molecule has 1 heterocycles. The van der Waals surface area contributed by atoms with Crippen LogP contribution in [0.5, 0.6) is 5.75 Å². The molecule has 0 radical (unpaired) electrons. The van der Waals surface area contributed by atoms with Gasteiger partial charge in [0.1, 0.15) is 11.4 Å². The summed E-state index contributed by atoms with van der Waals surface area (Å²) in [6.45, 7) is 0. The number of halogens is 1. The van der Waals surface area contributed by atoms with Gasteiger partial charge >= 0.3 is 0 Å². The van der Waals surface area contributed by atoms with E-state index in [4.69, 9.17) is 0 Å². The Kier molecular flexibility index (Phi) is 2.14. The van der Waals surface area contributed by atoms with Crippen molar-refractivity contribution in [1.29, 1.82) is 0 Å². The van der Waals surface area contributed by atoms with Gasteiger partial charge in [0.25, 0.3) is 0 Å². The van der Waals surface area contributed by atoms with E-state index in [1.54, 1.807) is 24.3 Å². The van der Waals surface area contributed by atoms with Crippen LogP contribution in [0.2, 0.25) is 0 Å². The minimum atomic E-state index is -0.596. The fraction of sp³-hybridized carbons (Fsp3) is 0. The molecule has 0 atom stereocenters. The largest absolute Gasteiger partial charge is 0.506 e. The standard InChI is InChI=1S/C11H8FNO/c12-10-7-6-9(14)11(13-10)8-4-2-1-3-5-8/h1-7,14H. The Hall–Kier alpha value is -1.90. The van der Waals surface area contributed by atoms with Gasteiger partial charge in [-0.25, -0.2) is 4.98 Å². The van der Waals surface area contributed by atoms with E-state index in [9.17, 15) is 9.50 Å². The first kappa shape index (κ1) is 8.69. The first-order valence-electron chi connectivity index (χ1n) is 4.18. The summed E-state index contributed by atoms with van der Waals surface area (Å²) >= 11 is 0. The average molecular weight is 189 g/mol. The van der Waals surface area contributed by atoms with E-state index in [0.29, 0.717) is 5.56 Å². The number of hydrogen-bond acceptors (Lipinski definition) is 2. The molecule has 70 valence electrons. The summed E-state index contributed by atoms with van der Waals surface area (Å²) in [4.78, 5) is 3.63. The van der Waals surface area contributed by atoms with Crippen molar-refractivity contribution in [3.05, 3.63) is 48.4 Å². The van der Waals surface area contributed by atoms with E-state index in [2.05, 4.69) is 4.98 Å². The van der Waals surface area contributed by atoms with Crippen LogP contribution in [-0.4, -0.2) is 10.1 Å². The van der Waals surface area contributed by atoms with Gasteiger partial charge in [0, 0.05) is 5.56 Å². The van der Waals surface area contributed by atoms with Crippen LogP contribution in [0.3, 0.4) is 0 Å². The molecule has 0 spiro atoms. The minimum absolute atomic E-state index is 0.0161. The molecule has 0 aliphatic rings. The van der Waals surface area contributed by atoms with E-state index in [-0.39, 0.29) is 11.4 Å². The lowest BCUT2D eigenvalue weighted by atomic mass is 10.1. The number of pyridine rings is 1. The van der Waals surface area contributed by atoms with E-state index < -0.39 is 5.95 Å². The van der Waals surface area contributed by atoms with Crippen molar-refractivity contribution in [3.63, 3.8) is 0 Å². The number of aromatic nitrogens is 1. The van der Waals surface area contributed by atoms with Crippen LogP contribution in [0, 0.1) is 5.95 Å². The highest BCUT2D eigenvalue weighted by Crippen LogP contribution is 2.26. The van der Waals surface area contributed by atoms with Gasteiger partial charge in [0.15, 0.2) is 0 Å². The van der Waals surface area contributed by atoms with Gasteiger partial charge in [-0.2, -0.15) is 4.39 Å². The predicted octanol–water partition coefficient (Wildman–Crippen LogP) is 2.59. The summed E-state index contributed by atoms with van der Waals surface area (Å²) in [5.41, 5.74) is 0.968. The lowest BCUT2D eigenvalue weighted by Crippen LogP contribution is -1.87. The van der Waals surface area contributed by atoms with Crippen LogP contribution in [-0.2, 0) is 0 Å². The molecule has 0 aliphatic carbocycles. The molecular weight excluding hydrogens is 181 g/mol. The predicted molar refractivity (Wildman–Crippen MR) is 51.3 cm³/mol. The zero-order valence-electron chi connectivity index (χ0n) is 7.31. The third-order valence-corrected chi connectivity index (χ3v) is 1.89. The second kappa shape index (κ2) is 3.46. The maximum Gasteiger partial charge on any atom is 0.213 e. The van der Waals surface area contributed by atoms with Crippen LogP contribution < -0.4 is 0 Å². The van der Waals surface area contributed by atoms with E-state index >= 15 is 0 Å². The number of rotatable bonds is 1. The Morgan fingerprint density at radius 3 is 2.43 bits per heavy atom. The molecule has 0 bridgehead atoms. The fourth-order valence-electron chi connectivity index (χ4n) is 1.24. The van der Waals surface area contributed by atoms with Gasteiger partial charge in [-0.15, -0.1) is 0 Å². The molecule has 2 rings (SSSR count). The maximum atomic E-state index is 12.8. The molecule has 1 aromatic heterocycles. The SMILES string of the molecule is Oc1ccc(F)nc1-c1ccccc1. The summed E-state index contributed by atoms with van der Waals surface area (Å²) in [6, 6.07) is 11.4. The summed E-state index contributed by atoms with van der Waals surface area (Å²) < 4.78 is 12.8. The molecular formula is C11H8FNO. The highest BCUT2D eigenvalue weighted by Gasteiger charge is 2.06. The third kappa shape index (κ3) is 1.57. The summed E-state index contributed by atoms with van der Waals surface area (Å²) in [6.07, 6.45) is 0. The van der Waals surface area contributed by atoms with Crippen molar-refractivity contribution < 1.29 is 9.50 Å². The number of hydrogen-bond donors (Lipinski definition) is 1. The minimum Gasteiger partial charge on any atom is -0.506 e. The zero-order valence-corrected chi connectivity index (χ0v) is 7.31.